The molecule has 0 bridgehead atoms. The highest BCUT2D eigenvalue weighted by Gasteiger charge is 2.21. The number of aldehydes is 1. The first kappa shape index (κ1) is 12.1. The zero-order valence-electron chi connectivity index (χ0n) is 10.2. The quantitative estimate of drug-likeness (QED) is 0.749. The molecule has 0 saturated carbocycles. The molecule has 2 rings (SSSR count). The Kier molecular flexibility index (Phi) is 3.77. The molecule has 1 aliphatic heterocycles. The van der Waals surface area contributed by atoms with Crippen LogP contribution in [0.5, 0.6) is 0 Å². The first-order valence-electron chi connectivity index (χ1n) is 6.25. The van der Waals surface area contributed by atoms with Crippen molar-refractivity contribution >= 4 is 12.0 Å². The van der Waals surface area contributed by atoms with Gasteiger partial charge in [0, 0.05) is 13.1 Å². The van der Waals surface area contributed by atoms with Gasteiger partial charge in [-0.25, -0.2) is 4.39 Å². The third-order valence-corrected chi connectivity index (χ3v) is 3.58. The van der Waals surface area contributed by atoms with E-state index in [4.69, 9.17) is 0 Å². The molecule has 0 N–H and O–H groups in total. The maximum Gasteiger partial charge on any atom is 0.155 e. The second-order valence-electron chi connectivity index (χ2n) is 4.65. The monoisotopic (exact) mass is 235 g/mol. The predicted molar refractivity (Wildman–Crippen MR) is 67.0 cm³/mol. The van der Waals surface area contributed by atoms with E-state index in [1.807, 2.05) is 6.07 Å². The van der Waals surface area contributed by atoms with Crippen molar-refractivity contribution in [2.24, 2.45) is 5.92 Å². The smallest absolute Gasteiger partial charge is 0.155 e. The van der Waals surface area contributed by atoms with Gasteiger partial charge >= 0.3 is 0 Å². The maximum absolute atomic E-state index is 13.5. The summed E-state index contributed by atoms with van der Waals surface area (Å²) in [5.74, 6) is 0.239. The number of rotatable bonds is 3. The van der Waals surface area contributed by atoms with Gasteiger partial charge in [0.05, 0.1) is 11.3 Å². The first-order valence-corrected chi connectivity index (χ1v) is 6.25. The number of hydrogen-bond donors (Lipinski definition) is 0. The van der Waals surface area contributed by atoms with Crippen molar-refractivity contribution in [1.29, 1.82) is 0 Å². The molecule has 17 heavy (non-hydrogen) atoms. The van der Waals surface area contributed by atoms with Crippen LogP contribution in [0.15, 0.2) is 18.2 Å². The molecule has 0 aromatic heterocycles. The molecule has 1 saturated heterocycles. The summed E-state index contributed by atoms with van der Waals surface area (Å²) in [6.45, 7) is 4.03. The summed E-state index contributed by atoms with van der Waals surface area (Å²) < 4.78 is 13.5. The van der Waals surface area contributed by atoms with Crippen molar-refractivity contribution in [3.8, 4) is 0 Å². The van der Waals surface area contributed by atoms with Crippen LogP contribution < -0.4 is 4.90 Å². The summed E-state index contributed by atoms with van der Waals surface area (Å²) in [7, 11) is 0. The lowest BCUT2D eigenvalue weighted by atomic mass is 9.95. The highest BCUT2D eigenvalue weighted by atomic mass is 19.1. The Hall–Kier alpha value is -1.38. The number of hydrogen-bond acceptors (Lipinski definition) is 2. The Morgan fingerprint density at radius 2 is 2.35 bits per heavy atom. The molecule has 1 fully saturated rings. The minimum atomic E-state index is -0.420. The highest BCUT2D eigenvalue weighted by Crippen LogP contribution is 2.28. The fraction of sp³-hybridized carbons (Fsp3) is 0.500. The fourth-order valence-electron chi connectivity index (χ4n) is 2.54. The second kappa shape index (κ2) is 5.30. The van der Waals surface area contributed by atoms with E-state index in [1.54, 1.807) is 6.07 Å². The zero-order chi connectivity index (χ0) is 12.3. The molecule has 3 heteroatoms. The van der Waals surface area contributed by atoms with E-state index < -0.39 is 5.82 Å². The summed E-state index contributed by atoms with van der Waals surface area (Å²) in [4.78, 5) is 13.1. The van der Waals surface area contributed by atoms with Crippen LogP contribution in [-0.2, 0) is 0 Å². The summed E-state index contributed by atoms with van der Waals surface area (Å²) in [5, 5.41) is 0. The number of benzene rings is 1. The van der Waals surface area contributed by atoms with Gasteiger partial charge < -0.3 is 4.90 Å². The van der Waals surface area contributed by atoms with Crippen molar-refractivity contribution in [2.45, 2.75) is 26.2 Å². The Morgan fingerprint density at radius 1 is 1.53 bits per heavy atom. The topological polar surface area (TPSA) is 20.3 Å². The van der Waals surface area contributed by atoms with E-state index in [2.05, 4.69) is 11.8 Å². The van der Waals surface area contributed by atoms with Gasteiger partial charge in [0.15, 0.2) is 6.29 Å². The van der Waals surface area contributed by atoms with Gasteiger partial charge in [0.25, 0.3) is 0 Å². The van der Waals surface area contributed by atoms with Gasteiger partial charge in [0.2, 0.25) is 0 Å². The lowest BCUT2D eigenvalue weighted by Gasteiger charge is -2.34. The average Bonchev–Trinajstić information content (AvgIpc) is 2.38. The van der Waals surface area contributed by atoms with E-state index in [0.717, 1.165) is 31.6 Å². The van der Waals surface area contributed by atoms with E-state index >= 15 is 0 Å². The van der Waals surface area contributed by atoms with Crippen LogP contribution in [0.25, 0.3) is 0 Å². The molecule has 1 aromatic rings. The first-order chi connectivity index (χ1) is 8.26. The van der Waals surface area contributed by atoms with Crippen LogP contribution in [0.1, 0.15) is 36.5 Å². The maximum atomic E-state index is 13.5. The summed E-state index contributed by atoms with van der Waals surface area (Å²) in [6.07, 6.45) is 4.12. The molecule has 92 valence electrons. The van der Waals surface area contributed by atoms with Crippen LogP contribution in [0.4, 0.5) is 10.1 Å². The van der Waals surface area contributed by atoms with Gasteiger partial charge in [-0.1, -0.05) is 19.4 Å². The van der Waals surface area contributed by atoms with Crippen LogP contribution >= 0.6 is 0 Å². The molecule has 0 amide bonds. The molecule has 2 nitrogen and oxygen atoms in total. The molecule has 0 spiro atoms. The largest absolute Gasteiger partial charge is 0.371 e. The Balaban J connectivity index is 2.27. The lowest BCUT2D eigenvalue weighted by molar-refractivity contribution is 0.112. The van der Waals surface area contributed by atoms with E-state index in [-0.39, 0.29) is 5.56 Å². The summed E-state index contributed by atoms with van der Waals surface area (Å²) in [5.41, 5.74) is 0.947. The van der Waals surface area contributed by atoms with Crippen molar-refractivity contribution in [2.75, 3.05) is 18.0 Å². The number of carbonyl (C=O) groups is 1. The van der Waals surface area contributed by atoms with Gasteiger partial charge in [-0.2, -0.15) is 0 Å². The van der Waals surface area contributed by atoms with E-state index in [1.165, 1.54) is 12.5 Å². The van der Waals surface area contributed by atoms with E-state index in [0.29, 0.717) is 12.2 Å². The molecule has 1 heterocycles. The van der Waals surface area contributed by atoms with Gasteiger partial charge in [-0.15, -0.1) is 0 Å². The summed E-state index contributed by atoms with van der Waals surface area (Å²) >= 11 is 0. The number of anilines is 1. The molecule has 0 radical (unpaired) electrons. The standard InChI is InChI=1S/C14H18FNO/c1-2-11-5-4-8-16(9-11)14-7-3-6-13(15)12(14)10-17/h3,6-7,10-11H,2,4-5,8-9H2,1H3. The fourth-order valence-corrected chi connectivity index (χ4v) is 2.54. The third kappa shape index (κ3) is 2.48. The molecule has 1 aliphatic rings. The van der Waals surface area contributed by atoms with Gasteiger partial charge in [-0.3, -0.25) is 4.79 Å². The van der Waals surface area contributed by atoms with Gasteiger partial charge in [0.1, 0.15) is 5.82 Å². The Morgan fingerprint density at radius 3 is 3.06 bits per heavy atom. The van der Waals surface area contributed by atoms with Crippen LogP contribution in [0.2, 0.25) is 0 Å². The lowest BCUT2D eigenvalue weighted by Crippen LogP contribution is -2.35. The molecular formula is C14H18FNO. The highest BCUT2D eigenvalue weighted by molar-refractivity contribution is 5.85. The van der Waals surface area contributed by atoms with Crippen LogP contribution in [-0.4, -0.2) is 19.4 Å². The minimum absolute atomic E-state index is 0.198. The number of halogens is 1. The van der Waals surface area contributed by atoms with Crippen molar-refractivity contribution in [1.82, 2.24) is 0 Å². The second-order valence-corrected chi connectivity index (χ2v) is 4.65. The molecule has 0 aliphatic carbocycles. The Labute approximate surface area is 101 Å². The number of nitrogens with zero attached hydrogens (tertiary/aromatic N) is 1. The number of carbonyl (C=O) groups excluding carboxylic acids is 1. The molecular weight excluding hydrogens is 217 g/mol. The van der Waals surface area contributed by atoms with E-state index in [9.17, 15) is 9.18 Å². The third-order valence-electron chi connectivity index (χ3n) is 3.58. The molecule has 1 aromatic carbocycles. The zero-order valence-corrected chi connectivity index (χ0v) is 10.2. The number of piperidine rings is 1. The predicted octanol–water partition coefficient (Wildman–Crippen LogP) is 3.26. The van der Waals surface area contributed by atoms with Crippen LogP contribution in [0, 0.1) is 11.7 Å². The van der Waals surface area contributed by atoms with Gasteiger partial charge in [-0.05, 0) is 30.9 Å². The van der Waals surface area contributed by atoms with Crippen molar-refractivity contribution in [3.63, 3.8) is 0 Å². The minimum Gasteiger partial charge on any atom is -0.371 e. The van der Waals surface area contributed by atoms with Crippen molar-refractivity contribution in [3.05, 3.63) is 29.6 Å². The molecule has 1 unspecified atom stereocenters. The Bertz CT molecular complexity index is 405. The molecule has 1 atom stereocenters. The average molecular weight is 235 g/mol. The summed E-state index contributed by atoms with van der Waals surface area (Å²) in [6, 6.07) is 4.85. The van der Waals surface area contributed by atoms with Crippen LogP contribution in [0.3, 0.4) is 0 Å². The normalized spacial score (nSPS) is 20.4. The SMILES string of the molecule is CCC1CCCN(c2cccc(F)c2C=O)C1. The van der Waals surface area contributed by atoms with Crippen molar-refractivity contribution < 1.29 is 9.18 Å².